The Kier molecular flexibility index (Phi) is 3.87. The first kappa shape index (κ1) is 10.8. The minimum Gasteiger partial charge on any atom is -0.244 e. The van der Waals surface area contributed by atoms with Crippen molar-refractivity contribution in [3.63, 3.8) is 0 Å². The van der Waals surface area contributed by atoms with E-state index >= 15 is 0 Å². The summed E-state index contributed by atoms with van der Waals surface area (Å²) >= 11 is 1.97. The van der Waals surface area contributed by atoms with Gasteiger partial charge >= 0.3 is 0 Å². The van der Waals surface area contributed by atoms with E-state index in [0.29, 0.717) is 0 Å². The molecule has 0 N–H and O–H groups in total. The van der Waals surface area contributed by atoms with Gasteiger partial charge in [0, 0.05) is 18.3 Å². The van der Waals surface area contributed by atoms with Gasteiger partial charge in [0.1, 0.15) is 0 Å². The Balaban J connectivity index is 1.85. The molecule has 0 bridgehead atoms. The molecule has 0 radical (unpaired) electrons. The number of hydrogen-bond acceptors (Lipinski definition) is 2. The molecule has 0 spiro atoms. The van der Waals surface area contributed by atoms with Crippen LogP contribution in [0.15, 0.2) is 36.4 Å². The normalized spacial score (nSPS) is 22.6. The van der Waals surface area contributed by atoms with Crippen LogP contribution in [0.2, 0.25) is 0 Å². The number of nitrogens with zero attached hydrogens (tertiary/aromatic N) is 1. The van der Waals surface area contributed by atoms with Gasteiger partial charge in [0.05, 0.1) is 0 Å². The minimum absolute atomic E-state index is 0.732. The summed E-state index contributed by atoms with van der Waals surface area (Å²) in [6, 6.07) is 11.2. The lowest BCUT2D eigenvalue weighted by molar-refractivity contribution is 0.424. The minimum atomic E-state index is 0.732. The van der Waals surface area contributed by atoms with Crippen LogP contribution in [-0.2, 0) is 0 Å². The average molecular weight is 219 g/mol. The van der Waals surface area contributed by atoms with E-state index in [1.54, 1.807) is 0 Å². The highest BCUT2D eigenvalue weighted by Crippen LogP contribution is 2.25. The molecule has 0 aromatic heterocycles. The van der Waals surface area contributed by atoms with Crippen molar-refractivity contribution in [2.24, 2.45) is 0 Å². The fraction of sp³-hybridized carbons (Fsp3) is 0.385. The second kappa shape index (κ2) is 5.38. The van der Waals surface area contributed by atoms with Crippen molar-refractivity contribution in [2.75, 3.05) is 12.3 Å². The average Bonchev–Trinajstić information content (AvgIpc) is 2.66. The van der Waals surface area contributed by atoms with Crippen LogP contribution in [0.1, 0.15) is 18.9 Å². The van der Waals surface area contributed by atoms with E-state index in [2.05, 4.69) is 53.7 Å². The lowest BCUT2D eigenvalue weighted by atomic mass is 10.2. The molecule has 1 saturated heterocycles. The molecular formula is C13H17NS. The third-order valence-electron chi connectivity index (χ3n) is 2.68. The molecule has 1 atom stereocenters. The maximum absolute atomic E-state index is 2.46. The van der Waals surface area contributed by atoms with Crippen LogP contribution >= 0.6 is 11.9 Å². The Morgan fingerprint density at radius 2 is 2.20 bits per heavy atom. The largest absolute Gasteiger partial charge is 0.244 e. The molecule has 1 aromatic rings. The first-order chi connectivity index (χ1) is 7.36. The SMILES string of the molecule is CC1CCSN1CC=Cc1ccccc1. The van der Waals surface area contributed by atoms with Gasteiger partial charge in [0.2, 0.25) is 0 Å². The van der Waals surface area contributed by atoms with Crippen LogP contribution in [0.5, 0.6) is 0 Å². The topological polar surface area (TPSA) is 3.24 Å². The molecule has 0 aliphatic carbocycles. The van der Waals surface area contributed by atoms with E-state index in [-0.39, 0.29) is 0 Å². The standard InChI is InChI=1S/C13H17NS/c1-12-9-11-15-14(12)10-5-8-13-6-3-2-4-7-13/h2-8,12H,9-11H2,1H3. The smallest absolute Gasteiger partial charge is 0.0276 e. The second-order valence-corrected chi connectivity index (χ2v) is 5.02. The van der Waals surface area contributed by atoms with Crippen LogP contribution in [0.3, 0.4) is 0 Å². The van der Waals surface area contributed by atoms with E-state index < -0.39 is 0 Å². The maximum Gasteiger partial charge on any atom is 0.0276 e. The second-order valence-electron chi connectivity index (χ2n) is 3.88. The van der Waals surface area contributed by atoms with Crippen LogP contribution in [-0.4, -0.2) is 22.6 Å². The molecular weight excluding hydrogens is 202 g/mol. The predicted molar refractivity (Wildman–Crippen MR) is 68.7 cm³/mol. The molecule has 1 aliphatic heterocycles. The molecule has 15 heavy (non-hydrogen) atoms. The molecule has 2 rings (SSSR count). The fourth-order valence-corrected chi connectivity index (χ4v) is 2.93. The number of hydrogen-bond donors (Lipinski definition) is 0. The highest BCUT2D eigenvalue weighted by Gasteiger charge is 2.19. The monoisotopic (exact) mass is 219 g/mol. The maximum atomic E-state index is 2.46. The van der Waals surface area contributed by atoms with E-state index in [1.165, 1.54) is 17.7 Å². The lowest BCUT2D eigenvalue weighted by Crippen LogP contribution is -2.20. The quantitative estimate of drug-likeness (QED) is 0.716. The van der Waals surface area contributed by atoms with Gasteiger partial charge in [0.15, 0.2) is 0 Å². The third kappa shape index (κ3) is 3.11. The molecule has 0 amide bonds. The molecule has 1 nitrogen and oxygen atoms in total. The lowest BCUT2D eigenvalue weighted by Gasteiger charge is -2.16. The molecule has 1 unspecified atom stereocenters. The van der Waals surface area contributed by atoms with Crippen molar-refractivity contribution >= 4 is 18.0 Å². The van der Waals surface area contributed by atoms with Gasteiger partial charge in [-0.3, -0.25) is 0 Å². The first-order valence-electron chi connectivity index (χ1n) is 5.47. The highest BCUT2D eigenvalue weighted by molar-refractivity contribution is 7.97. The van der Waals surface area contributed by atoms with Crippen LogP contribution in [0.4, 0.5) is 0 Å². The zero-order valence-corrected chi connectivity index (χ0v) is 9.91. The zero-order valence-electron chi connectivity index (χ0n) is 9.10. The van der Waals surface area contributed by atoms with Crippen molar-refractivity contribution in [1.82, 2.24) is 4.31 Å². The number of benzene rings is 1. The van der Waals surface area contributed by atoms with Gasteiger partial charge in [-0.15, -0.1) is 0 Å². The summed E-state index contributed by atoms with van der Waals surface area (Å²) < 4.78 is 2.46. The molecule has 1 heterocycles. The van der Waals surface area contributed by atoms with Gasteiger partial charge in [0.25, 0.3) is 0 Å². The van der Waals surface area contributed by atoms with Crippen LogP contribution < -0.4 is 0 Å². The Labute approximate surface area is 96.3 Å². The molecule has 1 aromatic carbocycles. The van der Waals surface area contributed by atoms with Gasteiger partial charge in [-0.1, -0.05) is 54.4 Å². The van der Waals surface area contributed by atoms with Crippen molar-refractivity contribution in [2.45, 2.75) is 19.4 Å². The fourth-order valence-electron chi connectivity index (χ4n) is 1.70. The van der Waals surface area contributed by atoms with E-state index in [1.807, 2.05) is 11.9 Å². The molecule has 80 valence electrons. The number of rotatable bonds is 3. The van der Waals surface area contributed by atoms with Gasteiger partial charge in [-0.25, -0.2) is 4.31 Å². The summed E-state index contributed by atoms with van der Waals surface area (Å²) in [6.45, 7) is 3.36. The summed E-state index contributed by atoms with van der Waals surface area (Å²) in [6.07, 6.45) is 5.78. The van der Waals surface area contributed by atoms with Crippen molar-refractivity contribution in [1.29, 1.82) is 0 Å². The predicted octanol–water partition coefficient (Wildman–Crippen LogP) is 3.44. The molecule has 2 heteroatoms. The van der Waals surface area contributed by atoms with Gasteiger partial charge in [-0.2, -0.15) is 0 Å². The Bertz CT molecular complexity index is 321. The van der Waals surface area contributed by atoms with Crippen LogP contribution in [0.25, 0.3) is 6.08 Å². The van der Waals surface area contributed by atoms with E-state index in [9.17, 15) is 0 Å². The van der Waals surface area contributed by atoms with E-state index in [4.69, 9.17) is 0 Å². The highest BCUT2D eigenvalue weighted by atomic mass is 32.2. The van der Waals surface area contributed by atoms with Gasteiger partial charge in [-0.05, 0) is 18.9 Å². The van der Waals surface area contributed by atoms with Gasteiger partial charge < -0.3 is 0 Å². The van der Waals surface area contributed by atoms with Crippen molar-refractivity contribution in [3.8, 4) is 0 Å². The molecule has 1 aliphatic rings. The molecule has 1 fully saturated rings. The summed E-state index contributed by atoms with van der Waals surface area (Å²) in [5, 5.41) is 0. The van der Waals surface area contributed by atoms with E-state index in [0.717, 1.165) is 12.6 Å². The summed E-state index contributed by atoms with van der Waals surface area (Å²) in [5.74, 6) is 1.28. The first-order valence-corrected chi connectivity index (χ1v) is 6.41. The van der Waals surface area contributed by atoms with Crippen molar-refractivity contribution < 1.29 is 0 Å². The molecule has 0 saturated carbocycles. The summed E-state index contributed by atoms with van der Waals surface area (Å²) in [7, 11) is 0. The van der Waals surface area contributed by atoms with Crippen LogP contribution in [0, 0.1) is 0 Å². The Hall–Kier alpha value is -0.730. The summed E-state index contributed by atoms with van der Waals surface area (Å²) in [5.41, 5.74) is 1.29. The zero-order chi connectivity index (χ0) is 10.5. The Morgan fingerprint density at radius 1 is 1.40 bits per heavy atom. The Morgan fingerprint density at radius 3 is 2.87 bits per heavy atom. The summed E-state index contributed by atoms with van der Waals surface area (Å²) in [4.78, 5) is 0. The third-order valence-corrected chi connectivity index (χ3v) is 3.94. The van der Waals surface area contributed by atoms with Crippen molar-refractivity contribution in [3.05, 3.63) is 42.0 Å².